The molecule has 2 atom stereocenters. The lowest BCUT2D eigenvalue weighted by molar-refractivity contribution is -0.0593. The molecule has 6 rings (SSSR count). The van der Waals surface area contributed by atoms with E-state index in [4.69, 9.17) is 26.1 Å². The van der Waals surface area contributed by atoms with Crippen molar-refractivity contribution >= 4 is 28.7 Å². The number of carboxylic acids is 1. The molecule has 0 aliphatic carbocycles. The van der Waals surface area contributed by atoms with E-state index < -0.39 is 5.97 Å². The number of imidazole rings is 1. The Hall–Kier alpha value is -3.60. The summed E-state index contributed by atoms with van der Waals surface area (Å²) in [6.45, 7) is 5.50. The molecule has 2 saturated heterocycles. The van der Waals surface area contributed by atoms with E-state index in [1.807, 2.05) is 29.7 Å². The zero-order valence-electron chi connectivity index (χ0n) is 22.7. The number of hydrogen-bond donors (Lipinski definition) is 1. The van der Waals surface area contributed by atoms with E-state index in [1.165, 1.54) is 12.1 Å². The molecule has 0 bridgehead atoms. The molecule has 0 saturated carbocycles. The Balaban J connectivity index is 1.10. The number of pyridine rings is 2. The highest BCUT2D eigenvalue weighted by Crippen LogP contribution is 2.29. The van der Waals surface area contributed by atoms with Crippen molar-refractivity contribution in [1.82, 2.24) is 24.4 Å². The second-order valence-corrected chi connectivity index (χ2v) is 11.1. The lowest BCUT2D eigenvalue weighted by Gasteiger charge is -2.32. The van der Waals surface area contributed by atoms with Gasteiger partial charge in [-0.05, 0) is 55.2 Å². The lowest BCUT2D eigenvalue weighted by Crippen LogP contribution is -2.39. The Labute approximate surface area is 241 Å². The number of likely N-dealkylation sites (tertiary alicyclic amines) is 1. The van der Waals surface area contributed by atoms with Crippen LogP contribution in [0.15, 0.2) is 48.5 Å². The number of piperidine rings is 1. The maximum absolute atomic E-state index is 14.5. The summed E-state index contributed by atoms with van der Waals surface area (Å²) < 4.78 is 28.4. The van der Waals surface area contributed by atoms with Crippen LogP contribution in [-0.4, -0.2) is 67.4 Å². The second-order valence-electron chi connectivity index (χ2n) is 10.6. The summed E-state index contributed by atoms with van der Waals surface area (Å²) in [5, 5.41) is 9.79. The number of aromatic carboxylic acids is 1. The first kappa shape index (κ1) is 27.6. The van der Waals surface area contributed by atoms with Crippen LogP contribution in [0.1, 0.15) is 59.7 Å². The van der Waals surface area contributed by atoms with E-state index in [0.29, 0.717) is 40.7 Å². The monoisotopic (exact) mass is 579 g/mol. The van der Waals surface area contributed by atoms with Crippen LogP contribution in [0.5, 0.6) is 5.88 Å². The SMILES string of the molecule is CC(c1cccc(OC2CCN(Cc3nc4ccc(C(=O)O)nc4n3C[C@@H]3CCO3)CC2)n1)c1ccc(Cl)cc1F. The third-order valence-corrected chi connectivity index (χ3v) is 8.11. The summed E-state index contributed by atoms with van der Waals surface area (Å²) in [5.74, 6) is -0.275. The minimum absolute atomic E-state index is 0.00284. The van der Waals surface area contributed by atoms with Crippen molar-refractivity contribution in [3.63, 3.8) is 0 Å². The minimum Gasteiger partial charge on any atom is -0.477 e. The van der Waals surface area contributed by atoms with Gasteiger partial charge in [-0.2, -0.15) is 0 Å². The van der Waals surface area contributed by atoms with Crippen molar-refractivity contribution in [2.45, 2.75) is 57.4 Å². The Morgan fingerprint density at radius 2 is 1.95 bits per heavy atom. The Bertz CT molecular complexity index is 1570. The van der Waals surface area contributed by atoms with Crippen molar-refractivity contribution in [2.75, 3.05) is 19.7 Å². The van der Waals surface area contributed by atoms with Gasteiger partial charge in [-0.15, -0.1) is 0 Å². The van der Waals surface area contributed by atoms with Crippen LogP contribution in [0.3, 0.4) is 0 Å². The van der Waals surface area contributed by atoms with Crippen molar-refractivity contribution in [1.29, 1.82) is 0 Å². The standard InChI is InChI=1S/C30H31ClFN5O4/c1-18(22-6-5-19(31)15-23(22)32)24-3-2-4-28(34-24)41-20-9-12-36(13-10-20)17-27-33-25-7-8-26(30(38)39)35-29(25)37(27)16-21-11-14-40-21/h2-8,15,18,20-21H,9-14,16-17H2,1H3,(H,38,39)/t18?,21-/m0/s1. The van der Waals surface area contributed by atoms with Gasteiger partial charge in [0.25, 0.3) is 0 Å². The Kier molecular flexibility index (Phi) is 7.88. The normalized spacial score (nSPS) is 18.8. The van der Waals surface area contributed by atoms with Crippen LogP contribution in [0, 0.1) is 5.82 Å². The quantitative estimate of drug-likeness (QED) is 0.285. The number of halogens is 2. The number of fused-ring (bicyclic) bond motifs is 1. The summed E-state index contributed by atoms with van der Waals surface area (Å²) in [5.41, 5.74) is 2.53. The van der Waals surface area contributed by atoms with Crippen molar-refractivity contribution in [2.24, 2.45) is 0 Å². The Morgan fingerprint density at radius 1 is 1.15 bits per heavy atom. The highest BCUT2D eigenvalue weighted by atomic mass is 35.5. The van der Waals surface area contributed by atoms with E-state index in [-0.39, 0.29) is 29.6 Å². The van der Waals surface area contributed by atoms with Gasteiger partial charge in [-0.1, -0.05) is 30.7 Å². The minimum atomic E-state index is -1.06. The third-order valence-electron chi connectivity index (χ3n) is 7.87. The molecular formula is C30H31ClFN5O4. The average molecular weight is 580 g/mol. The van der Waals surface area contributed by atoms with Crippen LogP contribution in [0.4, 0.5) is 4.39 Å². The number of carbonyl (C=O) groups is 1. The fraction of sp³-hybridized carbons (Fsp3) is 0.400. The molecule has 41 heavy (non-hydrogen) atoms. The van der Waals surface area contributed by atoms with E-state index in [9.17, 15) is 14.3 Å². The average Bonchev–Trinajstić information content (AvgIpc) is 3.27. The maximum atomic E-state index is 14.5. The van der Waals surface area contributed by atoms with Gasteiger partial charge < -0.3 is 19.1 Å². The van der Waals surface area contributed by atoms with E-state index in [1.54, 1.807) is 18.2 Å². The molecule has 0 spiro atoms. The molecule has 2 fully saturated rings. The summed E-state index contributed by atoms with van der Waals surface area (Å²) in [6, 6.07) is 13.5. The van der Waals surface area contributed by atoms with E-state index >= 15 is 0 Å². The molecule has 0 radical (unpaired) electrons. The summed E-state index contributed by atoms with van der Waals surface area (Å²) in [7, 11) is 0. The van der Waals surface area contributed by atoms with Gasteiger partial charge in [0.2, 0.25) is 5.88 Å². The summed E-state index contributed by atoms with van der Waals surface area (Å²) >= 11 is 5.92. The molecule has 9 nitrogen and oxygen atoms in total. The third kappa shape index (κ3) is 6.05. The smallest absolute Gasteiger partial charge is 0.354 e. The number of hydrogen-bond acceptors (Lipinski definition) is 7. The molecule has 2 aliphatic heterocycles. The number of aromatic nitrogens is 4. The van der Waals surface area contributed by atoms with Crippen LogP contribution in [0.2, 0.25) is 5.02 Å². The fourth-order valence-electron chi connectivity index (χ4n) is 5.42. The van der Waals surface area contributed by atoms with Gasteiger partial charge in [0.05, 0.1) is 24.9 Å². The molecule has 1 aromatic carbocycles. The number of benzene rings is 1. The van der Waals surface area contributed by atoms with Gasteiger partial charge in [0, 0.05) is 36.7 Å². The van der Waals surface area contributed by atoms with Gasteiger partial charge >= 0.3 is 5.97 Å². The molecule has 214 valence electrons. The van der Waals surface area contributed by atoms with Gasteiger partial charge in [0.15, 0.2) is 11.3 Å². The van der Waals surface area contributed by atoms with Crippen molar-refractivity contribution < 1.29 is 23.8 Å². The molecular weight excluding hydrogens is 549 g/mol. The molecule has 3 aromatic heterocycles. The Morgan fingerprint density at radius 3 is 2.66 bits per heavy atom. The molecule has 1 unspecified atom stereocenters. The zero-order valence-corrected chi connectivity index (χ0v) is 23.4. The first-order valence-corrected chi connectivity index (χ1v) is 14.2. The van der Waals surface area contributed by atoms with Crippen molar-refractivity contribution in [3.05, 3.63) is 82.1 Å². The molecule has 4 aromatic rings. The molecule has 1 N–H and O–H groups in total. The first-order valence-electron chi connectivity index (χ1n) is 13.9. The number of carboxylic acid groups (broad SMARTS) is 1. The van der Waals surface area contributed by atoms with E-state index in [2.05, 4.69) is 14.9 Å². The van der Waals surface area contributed by atoms with Crippen molar-refractivity contribution in [3.8, 4) is 5.88 Å². The fourth-order valence-corrected chi connectivity index (χ4v) is 5.58. The zero-order chi connectivity index (χ0) is 28.5. The topological polar surface area (TPSA) is 103 Å². The molecule has 0 amide bonds. The lowest BCUT2D eigenvalue weighted by atomic mass is 9.97. The van der Waals surface area contributed by atoms with Crippen LogP contribution >= 0.6 is 11.6 Å². The van der Waals surface area contributed by atoms with Gasteiger partial charge in [0.1, 0.15) is 23.3 Å². The predicted octanol–water partition coefficient (Wildman–Crippen LogP) is 5.30. The van der Waals surface area contributed by atoms with Crippen LogP contribution < -0.4 is 4.74 Å². The number of nitrogens with zero attached hydrogens (tertiary/aromatic N) is 5. The van der Waals surface area contributed by atoms with Gasteiger partial charge in [-0.3, -0.25) is 4.90 Å². The van der Waals surface area contributed by atoms with Crippen LogP contribution in [0.25, 0.3) is 11.2 Å². The molecule has 11 heteroatoms. The number of rotatable bonds is 9. The van der Waals surface area contributed by atoms with Gasteiger partial charge in [-0.25, -0.2) is 24.1 Å². The molecule has 5 heterocycles. The molecule has 2 aliphatic rings. The second kappa shape index (κ2) is 11.7. The first-order chi connectivity index (χ1) is 19.8. The highest BCUT2D eigenvalue weighted by Gasteiger charge is 2.26. The number of ether oxygens (including phenoxy) is 2. The maximum Gasteiger partial charge on any atom is 0.354 e. The largest absolute Gasteiger partial charge is 0.477 e. The van der Waals surface area contributed by atoms with E-state index in [0.717, 1.165) is 50.5 Å². The summed E-state index contributed by atoms with van der Waals surface area (Å²) in [4.78, 5) is 27.7. The summed E-state index contributed by atoms with van der Waals surface area (Å²) in [6.07, 6.45) is 2.70. The predicted molar refractivity (Wildman–Crippen MR) is 151 cm³/mol. The highest BCUT2D eigenvalue weighted by molar-refractivity contribution is 6.30. The van der Waals surface area contributed by atoms with Crippen LogP contribution in [-0.2, 0) is 17.8 Å².